The molecule has 124 valence electrons. The molecule has 6 heteroatoms. The first kappa shape index (κ1) is 16.3. The maximum absolute atomic E-state index is 12.7. The van der Waals surface area contributed by atoms with Crippen molar-refractivity contribution >= 4 is 22.9 Å². The minimum Gasteiger partial charge on any atom is -0.492 e. The zero-order valence-electron chi connectivity index (χ0n) is 13.9. The number of nitrogens with zero attached hydrogens (tertiary/aromatic N) is 2. The van der Waals surface area contributed by atoms with Crippen molar-refractivity contribution in [2.24, 2.45) is 0 Å². The monoisotopic (exact) mass is 341 g/mol. The Hall–Kier alpha value is -2.60. The van der Waals surface area contributed by atoms with Crippen LogP contribution in [0, 0.1) is 13.8 Å². The molecule has 2 heterocycles. The van der Waals surface area contributed by atoms with Crippen LogP contribution in [0.3, 0.4) is 0 Å². The lowest BCUT2D eigenvalue weighted by molar-refractivity contribution is 0.102. The average molecular weight is 341 g/mol. The van der Waals surface area contributed by atoms with Crippen molar-refractivity contribution in [3.05, 3.63) is 58.9 Å². The van der Waals surface area contributed by atoms with Crippen molar-refractivity contribution in [3.63, 3.8) is 0 Å². The van der Waals surface area contributed by atoms with Crippen LogP contribution in [0.1, 0.15) is 28.7 Å². The fourth-order valence-corrected chi connectivity index (χ4v) is 3.41. The van der Waals surface area contributed by atoms with E-state index in [2.05, 4.69) is 10.3 Å². The highest BCUT2D eigenvalue weighted by molar-refractivity contribution is 7.12. The predicted molar refractivity (Wildman–Crippen MR) is 96.5 cm³/mol. The van der Waals surface area contributed by atoms with Crippen LogP contribution >= 0.6 is 11.3 Å². The number of amides is 1. The topological polar surface area (TPSA) is 56.1 Å². The smallest absolute Gasteiger partial charge is 0.257 e. The van der Waals surface area contributed by atoms with Gasteiger partial charge in [-0.05, 0) is 39.0 Å². The third-order valence-corrected chi connectivity index (χ3v) is 4.48. The first-order chi connectivity index (χ1) is 11.6. The lowest BCUT2D eigenvalue weighted by atomic mass is 10.2. The molecule has 1 N–H and O–H groups in total. The molecule has 2 aromatic heterocycles. The highest BCUT2D eigenvalue weighted by Crippen LogP contribution is 2.26. The summed E-state index contributed by atoms with van der Waals surface area (Å²) >= 11 is 1.54. The number of aryl methyl sites for hydroxylation is 1. The Labute approximate surface area is 144 Å². The summed E-state index contributed by atoms with van der Waals surface area (Å²) in [7, 11) is 0. The summed E-state index contributed by atoms with van der Waals surface area (Å²) in [5.74, 6) is 0.514. The van der Waals surface area contributed by atoms with E-state index in [0.29, 0.717) is 23.6 Å². The van der Waals surface area contributed by atoms with Gasteiger partial charge in [-0.2, -0.15) is 0 Å². The molecule has 0 aliphatic carbocycles. The molecule has 0 atom stereocenters. The first-order valence-electron chi connectivity index (χ1n) is 7.73. The van der Waals surface area contributed by atoms with Gasteiger partial charge in [0.1, 0.15) is 5.75 Å². The van der Waals surface area contributed by atoms with Crippen molar-refractivity contribution in [1.82, 2.24) is 9.55 Å². The zero-order valence-corrected chi connectivity index (χ0v) is 14.7. The Morgan fingerprint density at radius 2 is 2.12 bits per heavy atom. The molecule has 3 rings (SSSR count). The summed E-state index contributed by atoms with van der Waals surface area (Å²) in [4.78, 5) is 17.1. The van der Waals surface area contributed by atoms with Gasteiger partial charge in [-0.3, -0.25) is 9.36 Å². The van der Waals surface area contributed by atoms with Gasteiger partial charge in [0, 0.05) is 23.0 Å². The number of hydrogen-bond acceptors (Lipinski definition) is 4. The van der Waals surface area contributed by atoms with E-state index in [-0.39, 0.29) is 5.91 Å². The lowest BCUT2D eigenvalue weighted by Crippen LogP contribution is -2.14. The molecule has 24 heavy (non-hydrogen) atoms. The molecule has 0 unspecified atom stereocenters. The van der Waals surface area contributed by atoms with Crippen LogP contribution in [0.5, 0.6) is 5.75 Å². The lowest BCUT2D eigenvalue weighted by Gasteiger charge is -2.11. The number of hydrogen-bond donors (Lipinski definition) is 1. The number of ether oxygens (including phenoxy) is 1. The van der Waals surface area contributed by atoms with Crippen LogP contribution in [0.25, 0.3) is 5.13 Å². The van der Waals surface area contributed by atoms with Gasteiger partial charge in [-0.15, -0.1) is 11.3 Å². The number of anilines is 1. The van der Waals surface area contributed by atoms with E-state index in [1.807, 2.05) is 61.1 Å². The second kappa shape index (κ2) is 6.88. The quantitative estimate of drug-likeness (QED) is 0.756. The highest BCUT2D eigenvalue weighted by Gasteiger charge is 2.18. The fraction of sp³-hybridized carbons (Fsp3) is 0.222. The highest BCUT2D eigenvalue weighted by atomic mass is 32.1. The number of para-hydroxylation sites is 2. The van der Waals surface area contributed by atoms with Crippen molar-refractivity contribution in [2.75, 3.05) is 11.9 Å². The van der Waals surface area contributed by atoms with Crippen molar-refractivity contribution in [2.45, 2.75) is 20.8 Å². The Morgan fingerprint density at radius 1 is 1.33 bits per heavy atom. The van der Waals surface area contributed by atoms with E-state index >= 15 is 0 Å². The maximum Gasteiger partial charge on any atom is 0.257 e. The van der Waals surface area contributed by atoms with E-state index in [1.165, 1.54) is 0 Å². The molecule has 0 radical (unpaired) electrons. The van der Waals surface area contributed by atoms with Gasteiger partial charge in [-0.1, -0.05) is 12.1 Å². The number of benzene rings is 1. The van der Waals surface area contributed by atoms with E-state index in [9.17, 15) is 4.79 Å². The number of rotatable bonds is 5. The largest absolute Gasteiger partial charge is 0.492 e. The molecule has 0 fully saturated rings. The molecule has 0 saturated carbocycles. The summed E-state index contributed by atoms with van der Waals surface area (Å²) in [6, 6.07) is 9.32. The van der Waals surface area contributed by atoms with Crippen molar-refractivity contribution in [3.8, 4) is 10.9 Å². The van der Waals surface area contributed by atoms with Crippen molar-refractivity contribution in [1.29, 1.82) is 0 Å². The second-order valence-electron chi connectivity index (χ2n) is 5.32. The Kier molecular flexibility index (Phi) is 4.66. The average Bonchev–Trinajstić information content (AvgIpc) is 3.17. The maximum atomic E-state index is 12.7. The van der Waals surface area contributed by atoms with Crippen LogP contribution in [0.2, 0.25) is 0 Å². The Balaban J connectivity index is 1.91. The zero-order chi connectivity index (χ0) is 17.1. The second-order valence-corrected chi connectivity index (χ2v) is 6.19. The van der Waals surface area contributed by atoms with E-state index < -0.39 is 0 Å². The Morgan fingerprint density at radius 3 is 2.83 bits per heavy atom. The molecule has 0 spiro atoms. The Bertz CT molecular complexity index is 853. The minimum absolute atomic E-state index is 0.155. The minimum atomic E-state index is -0.155. The van der Waals surface area contributed by atoms with Crippen LogP contribution in [-0.4, -0.2) is 22.1 Å². The fourth-order valence-electron chi connectivity index (χ4n) is 2.65. The third kappa shape index (κ3) is 3.05. The molecule has 0 aliphatic heterocycles. The summed E-state index contributed by atoms with van der Waals surface area (Å²) in [5.41, 5.74) is 3.15. The number of nitrogens with one attached hydrogen (secondary N) is 1. The van der Waals surface area contributed by atoms with E-state index in [1.54, 1.807) is 17.5 Å². The molecule has 5 nitrogen and oxygen atoms in total. The van der Waals surface area contributed by atoms with Gasteiger partial charge < -0.3 is 10.1 Å². The van der Waals surface area contributed by atoms with E-state index in [4.69, 9.17) is 4.74 Å². The van der Waals surface area contributed by atoms with Gasteiger partial charge in [0.2, 0.25) is 0 Å². The van der Waals surface area contributed by atoms with Gasteiger partial charge in [0.05, 0.1) is 17.9 Å². The summed E-state index contributed by atoms with van der Waals surface area (Å²) < 4.78 is 7.56. The van der Waals surface area contributed by atoms with Crippen molar-refractivity contribution < 1.29 is 9.53 Å². The molecule has 1 aromatic carbocycles. The number of aromatic nitrogens is 2. The standard InChI is InChI=1S/C18H19N3O2S/c1-4-23-16-8-6-5-7-15(16)20-17(22)14-11-12(2)21(13(14)3)18-19-9-10-24-18/h5-11H,4H2,1-3H3,(H,20,22). The summed E-state index contributed by atoms with van der Waals surface area (Å²) in [6.07, 6.45) is 1.76. The SMILES string of the molecule is CCOc1ccccc1NC(=O)c1cc(C)n(-c2nccs2)c1C. The number of carbonyl (C=O) groups excluding carboxylic acids is 1. The molecule has 0 saturated heterocycles. The summed E-state index contributed by atoms with van der Waals surface area (Å²) in [6.45, 7) is 6.36. The first-order valence-corrected chi connectivity index (χ1v) is 8.61. The van der Waals surface area contributed by atoms with Crippen LogP contribution in [-0.2, 0) is 0 Å². The normalized spacial score (nSPS) is 10.6. The summed E-state index contributed by atoms with van der Waals surface area (Å²) in [5, 5.41) is 5.73. The number of thiazole rings is 1. The molecule has 0 aliphatic rings. The van der Waals surface area contributed by atoms with Crippen LogP contribution < -0.4 is 10.1 Å². The van der Waals surface area contributed by atoms with E-state index in [0.717, 1.165) is 16.5 Å². The van der Waals surface area contributed by atoms with Gasteiger partial charge in [0.15, 0.2) is 5.13 Å². The molecular weight excluding hydrogens is 322 g/mol. The number of carbonyl (C=O) groups is 1. The predicted octanol–water partition coefficient (Wildman–Crippen LogP) is 4.20. The molecule has 1 amide bonds. The van der Waals surface area contributed by atoms with Gasteiger partial charge in [0.25, 0.3) is 5.91 Å². The molecular formula is C18H19N3O2S. The van der Waals surface area contributed by atoms with Gasteiger partial charge in [-0.25, -0.2) is 4.98 Å². The molecule has 0 bridgehead atoms. The molecule has 3 aromatic rings. The third-order valence-electron chi connectivity index (χ3n) is 3.72. The van der Waals surface area contributed by atoms with Crippen LogP contribution in [0.4, 0.5) is 5.69 Å². The van der Waals surface area contributed by atoms with Crippen LogP contribution in [0.15, 0.2) is 41.9 Å². The van der Waals surface area contributed by atoms with Gasteiger partial charge >= 0.3 is 0 Å².